The quantitative estimate of drug-likeness (QED) is 0.865. The van der Waals surface area contributed by atoms with E-state index in [2.05, 4.69) is 43.1 Å². The van der Waals surface area contributed by atoms with Crippen LogP contribution in [0.2, 0.25) is 0 Å². The highest BCUT2D eigenvalue weighted by atomic mass is 15.1. The zero-order valence-electron chi connectivity index (χ0n) is 11.1. The lowest BCUT2D eigenvalue weighted by molar-refractivity contribution is 0.316. The van der Waals surface area contributed by atoms with E-state index in [-0.39, 0.29) is 0 Å². The maximum Gasteiger partial charge on any atom is 0.0366 e. The maximum absolute atomic E-state index is 6.00. The molecule has 0 unspecified atom stereocenters. The molecule has 0 spiro atoms. The molecule has 0 aromatic heterocycles. The van der Waals surface area contributed by atoms with E-state index < -0.39 is 0 Å². The van der Waals surface area contributed by atoms with E-state index >= 15 is 0 Å². The number of anilines is 1. The van der Waals surface area contributed by atoms with Crippen molar-refractivity contribution < 1.29 is 0 Å². The number of hydrogen-bond acceptors (Lipinski definition) is 2. The Balaban J connectivity index is 2.07. The zero-order valence-corrected chi connectivity index (χ0v) is 11.1. The minimum Gasteiger partial charge on any atom is -0.374 e. The Kier molecular flexibility index (Phi) is 3.72. The number of benzene rings is 1. The van der Waals surface area contributed by atoms with E-state index in [1.54, 1.807) is 0 Å². The van der Waals surface area contributed by atoms with Crippen molar-refractivity contribution in [3.63, 3.8) is 0 Å². The minimum absolute atomic E-state index is 0.360. The van der Waals surface area contributed by atoms with Crippen molar-refractivity contribution in [1.29, 1.82) is 0 Å². The molecule has 2 nitrogen and oxygen atoms in total. The third-order valence-corrected chi connectivity index (χ3v) is 4.11. The first-order chi connectivity index (χ1) is 8.15. The zero-order chi connectivity index (χ0) is 12.3. The largest absolute Gasteiger partial charge is 0.374 e. The molecule has 0 radical (unpaired) electrons. The first kappa shape index (κ1) is 12.4. The van der Waals surface area contributed by atoms with Crippen LogP contribution in [0.5, 0.6) is 0 Å². The van der Waals surface area contributed by atoms with Gasteiger partial charge in [0, 0.05) is 24.7 Å². The van der Waals surface area contributed by atoms with Gasteiger partial charge >= 0.3 is 0 Å². The molecule has 1 aliphatic rings. The second-order valence-corrected chi connectivity index (χ2v) is 5.61. The van der Waals surface area contributed by atoms with Crippen LogP contribution in [0.4, 0.5) is 5.69 Å². The van der Waals surface area contributed by atoms with Gasteiger partial charge in [0.25, 0.3) is 0 Å². The topological polar surface area (TPSA) is 29.3 Å². The van der Waals surface area contributed by atoms with Crippen molar-refractivity contribution in [1.82, 2.24) is 0 Å². The molecule has 17 heavy (non-hydrogen) atoms. The molecule has 1 aliphatic carbocycles. The Labute approximate surface area is 105 Å². The lowest BCUT2D eigenvalue weighted by atomic mass is 9.85. The molecule has 2 rings (SSSR count). The van der Waals surface area contributed by atoms with Crippen molar-refractivity contribution in [3.8, 4) is 0 Å². The minimum atomic E-state index is 0.360. The van der Waals surface area contributed by atoms with E-state index in [1.165, 1.54) is 36.9 Å². The molecule has 1 saturated carbocycles. The molecule has 0 aliphatic heterocycles. The summed E-state index contributed by atoms with van der Waals surface area (Å²) in [5.41, 5.74) is 8.99. The molecule has 1 fully saturated rings. The smallest absolute Gasteiger partial charge is 0.0366 e. The molecule has 0 heterocycles. The number of hydrogen-bond donors (Lipinski definition) is 1. The summed E-state index contributed by atoms with van der Waals surface area (Å²) in [7, 11) is 2.19. The van der Waals surface area contributed by atoms with Gasteiger partial charge < -0.3 is 10.6 Å². The van der Waals surface area contributed by atoms with E-state index in [0.29, 0.717) is 5.41 Å². The Morgan fingerprint density at radius 1 is 1.29 bits per heavy atom. The van der Waals surface area contributed by atoms with Gasteiger partial charge in [-0.2, -0.15) is 0 Å². The molecular formula is C15H24N2. The van der Waals surface area contributed by atoms with Crippen molar-refractivity contribution >= 4 is 5.69 Å². The van der Waals surface area contributed by atoms with Gasteiger partial charge in [0.05, 0.1) is 0 Å². The van der Waals surface area contributed by atoms with E-state index in [1.807, 2.05) is 0 Å². The number of rotatable bonds is 4. The molecular weight excluding hydrogens is 208 g/mol. The van der Waals surface area contributed by atoms with Gasteiger partial charge in [-0.1, -0.05) is 25.0 Å². The van der Waals surface area contributed by atoms with Crippen LogP contribution in [0, 0.1) is 12.3 Å². The van der Waals surface area contributed by atoms with Gasteiger partial charge in [-0.25, -0.2) is 0 Å². The standard InChI is InChI=1S/C15H24N2/c1-13-6-5-7-14(10-13)17(2)12-15(11-16)8-3-4-9-15/h5-7,10H,3-4,8-9,11-12,16H2,1-2H3. The summed E-state index contributed by atoms with van der Waals surface area (Å²) in [6.45, 7) is 4.06. The van der Waals surface area contributed by atoms with Crippen LogP contribution in [-0.4, -0.2) is 20.1 Å². The summed E-state index contributed by atoms with van der Waals surface area (Å²) in [4.78, 5) is 2.37. The van der Waals surface area contributed by atoms with Gasteiger partial charge in [-0.3, -0.25) is 0 Å². The molecule has 94 valence electrons. The number of nitrogens with two attached hydrogens (primary N) is 1. The molecule has 0 bridgehead atoms. The molecule has 0 atom stereocenters. The van der Waals surface area contributed by atoms with E-state index in [9.17, 15) is 0 Å². The third-order valence-electron chi connectivity index (χ3n) is 4.11. The Hall–Kier alpha value is -1.02. The van der Waals surface area contributed by atoms with Crippen molar-refractivity contribution in [2.45, 2.75) is 32.6 Å². The third kappa shape index (κ3) is 2.81. The van der Waals surface area contributed by atoms with Crippen molar-refractivity contribution in [2.75, 3.05) is 25.0 Å². The Bertz CT molecular complexity index is 367. The van der Waals surface area contributed by atoms with Crippen LogP contribution in [0.15, 0.2) is 24.3 Å². The van der Waals surface area contributed by atoms with Crippen LogP contribution in [-0.2, 0) is 0 Å². The molecule has 1 aromatic carbocycles. The first-order valence-corrected chi connectivity index (χ1v) is 6.63. The van der Waals surface area contributed by atoms with Gasteiger partial charge in [0.2, 0.25) is 0 Å². The summed E-state index contributed by atoms with van der Waals surface area (Å²) >= 11 is 0. The number of aryl methyl sites for hydroxylation is 1. The molecule has 2 heteroatoms. The monoisotopic (exact) mass is 232 g/mol. The lowest BCUT2D eigenvalue weighted by Gasteiger charge is -2.33. The van der Waals surface area contributed by atoms with E-state index in [4.69, 9.17) is 5.73 Å². The van der Waals surface area contributed by atoms with Crippen LogP contribution in [0.3, 0.4) is 0 Å². The predicted molar refractivity (Wildman–Crippen MR) is 74.4 cm³/mol. The molecule has 0 saturated heterocycles. The summed E-state index contributed by atoms with van der Waals surface area (Å²) in [6.07, 6.45) is 5.27. The average Bonchev–Trinajstić information content (AvgIpc) is 2.78. The predicted octanol–water partition coefficient (Wildman–Crippen LogP) is 2.95. The normalized spacial score (nSPS) is 18.3. The van der Waals surface area contributed by atoms with Crippen molar-refractivity contribution in [2.24, 2.45) is 11.1 Å². The lowest BCUT2D eigenvalue weighted by Crippen LogP contribution is -2.39. The highest BCUT2D eigenvalue weighted by Crippen LogP contribution is 2.38. The summed E-state index contributed by atoms with van der Waals surface area (Å²) in [5, 5.41) is 0. The van der Waals surface area contributed by atoms with Crippen LogP contribution in [0.25, 0.3) is 0 Å². The van der Waals surface area contributed by atoms with E-state index in [0.717, 1.165) is 13.1 Å². The summed E-state index contributed by atoms with van der Waals surface area (Å²) in [6, 6.07) is 8.71. The van der Waals surface area contributed by atoms with Crippen LogP contribution < -0.4 is 10.6 Å². The van der Waals surface area contributed by atoms with Gasteiger partial charge in [-0.15, -0.1) is 0 Å². The second-order valence-electron chi connectivity index (χ2n) is 5.61. The first-order valence-electron chi connectivity index (χ1n) is 6.63. The second kappa shape index (κ2) is 5.09. The van der Waals surface area contributed by atoms with Gasteiger partial charge in [-0.05, 0) is 44.0 Å². The number of nitrogens with zero attached hydrogens (tertiary/aromatic N) is 1. The summed E-state index contributed by atoms with van der Waals surface area (Å²) in [5.74, 6) is 0. The fourth-order valence-electron chi connectivity index (χ4n) is 3.01. The van der Waals surface area contributed by atoms with Crippen LogP contribution >= 0.6 is 0 Å². The molecule has 0 amide bonds. The Morgan fingerprint density at radius 3 is 2.59 bits per heavy atom. The average molecular weight is 232 g/mol. The highest BCUT2D eigenvalue weighted by Gasteiger charge is 2.33. The molecule has 2 N–H and O–H groups in total. The fraction of sp³-hybridized carbons (Fsp3) is 0.600. The van der Waals surface area contributed by atoms with Gasteiger partial charge in [0.15, 0.2) is 0 Å². The SMILES string of the molecule is Cc1cccc(N(C)CC2(CN)CCCC2)c1. The fourth-order valence-corrected chi connectivity index (χ4v) is 3.01. The Morgan fingerprint density at radius 2 is 2.00 bits per heavy atom. The molecule has 1 aromatic rings. The highest BCUT2D eigenvalue weighted by molar-refractivity contribution is 5.47. The van der Waals surface area contributed by atoms with Gasteiger partial charge in [0.1, 0.15) is 0 Å². The van der Waals surface area contributed by atoms with Crippen molar-refractivity contribution in [3.05, 3.63) is 29.8 Å². The maximum atomic E-state index is 6.00. The summed E-state index contributed by atoms with van der Waals surface area (Å²) < 4.78 is 0. The van der Waals surface area contributed by atoms with Crippen LogP contribution in [0.1, 0.15) is 31.2 Å².